The molecule has 51 heavy (non-hydrogen) atoms. The Hall–Kier alpha value is -5.31. The molecule has 1 fully saturated rings. The maximum Gasteiger partial charge on any atom is 0.422 e. The fraction of sp³-hybridized carbons (Fsp3) is 0.297. The normalized spacial score (nSPS) is 19.5. The lowest BCUT2D eigenvalue weighted by Crippen LogP contribution is -2.44. The van der Waals surface area contributed by atoms with E-state index in [1.54, 1.807) is 18.2 Å². The Morgan fingerprint density at radius 1 is 0.882 bits per heavy atom. The number of hydrogen-bond donors (Lipinski definition) is 3. The van der Waals surface area contributed by atoms with Gasteiger partial charge in [-0.3, -0.25) is 9.59 Å². The third kappa shape index (κ3) is 9.48. The van der Waals surface area contributed by atoms with Crippen LogP contribution in [0.1, 0.15) is 39.9 Å². The van der Waals surface area contributed by atoms with Crippen molar-refractivity contribution in [2.75, 3.05) is 26.3 Å². The fourth-order valence-corrected chi connectivity index (χ4v) is 5.67. The number of rotatable bonds is 13. The van der Waals surface area contributed by atoms with Crippen LogP contribution in [-0.4, -0.2) is 79.7 Å². The topological polar surface area (TPSA) is 149 Å². The van der Waals surface area contributed by atoms with Gasteiger partial charge in [0.2, 0.25) is 17.6 Å². The third-order valence-electron chi connectivity index (χ3n) is 7.97. The Labute approximate surface area is 291 Å². The predicted molar refractivity (Wildman–Crippen MR) is 176 cm³/mol. The first kappa shape index (κ1) is 37.0. The number of benzene rings is 3. The Morgan fingerprint density at radius 2 is 1.53 bits per heavy atom. The number of fused-ring (bicyclic) bond motifs is 1. The average molecular weight is 709 g/mol. The monoisotopic (exact) mass is 708 g/mol. The minimum Gasteiger partial charge on any atom is -0.456 e. The van der Waals surface area contributed by atoms with Crippen LogP contribution in [0, 0.1) is 0 Å². The molecule has 0 radical (unpaired) electrons. The van der Waals surface area contributed by atoms with E-state index in [9.17, 15) is 32.3 Å². The van der Waals surface area contributed by atoms with Crippen LogP contribution in [0.4, 0.5) is 13.2 Å². The highest BCUT2D eigenvalue weighted by Gasteiger charge is 2.55. The summed E-state index contributed by atoms with van der Waals surface area (Å²) in [6, 6.07) is 24.2. The molecule has 1 heterocycles. The fourth-order valence-electron chi connectivity index (χ4n) is 5.67. The zero-order valence-electron chi connectivity index (χ0n) is 27.1. The second-order valence-electron chi connectivity index (χ2n) is 11.6. The van der Waals surface area contributed by atoms with Crippen LogP contribution in [-0.2, 0) is 39.1 Å². The molecule has 0 bridgehead atoms. The molecule has 0 unspecified atom stereocenters. The molecule has 11 nitrogen and oxygen atoms in total. The van der Waals surface area contributed by atoms with E-state index in [1.807, 2.05) is 60.7 Å². The van der Waals surface area contributed by atoms with Gasteiger partial charge in [0.15, 0.2) is 6.61 Å². The molecule has 3 aromatic rings. The van der Waals surface area contributed by atoms with Crippen molar-refractivity contribution in [3.63, 3.8) is 0 Å². The van der Waals surface area contributed by atoms with Gasteiger partial charge in [0, 0.05) is 48.7 Å². The van der Waals surface area contributed by atoms with Crippen LogP contribution in [0.5, 0.6) is 0 Å². The van der Waals surface area contributed by atoms with Crippen molar-refractivity contribution in [2.45, 2.75) is 43.1 Å². The summed E-state index contributed by atoms with van der Waals surface area (Å²) in [6.45, 7) is -1.91. The Bertz CT molecular complexity index is 1720. The molecule has 14 heteroatoms. The highest BCUT2D eigenvalue weighted by Crippen LogP contribution is 2.47. The number of carbonyl (C=O) groups excluding carboxylic acids is 4. The first-order valence-electron chi connectivity index (χ1n) is 16.0. The smallest absolute Gasteiger partial charge is 0.422 e. The zero-order chi connectivity index (χ0) is 36.4. The highest BCUT2D eigenvalue weighted by atomic mass is 19.4. The van der Waals surface area contributed by atoms with Gasteiger partial charge in [0.1, 0.15) is 18.3 Å². The summed E-state index contributed by atoms with van der Waals surface area (Å²) in [4.78, 5) is 51.0. The number of hydrogen-bond acceptors (Lipinski definition) is 9. The van der Waals surface area contributed by atoms with Crippen molar-refractivity contribution in [2.24, 2.45) is 0 Å². The van der Waals surface area contributed by atoms with Gasteiger partial charge in [-0.25, -0.2) is 9.59 Å². The second-order valence-corrected chi connectivity index (χ2v) is 11.6. The average Bonchev–Trinajstić information content (AvgIpc) is 3.54. The maximum absolute atomic E-state index is 13.7. The molecular formula is C37H35F3N2O9. The molecule has 0 aromatic heterocycles. The molecule has 1 aliphatic carbocycles. The van der Waals surface area contributed by atoms with Gasteiger partial charge in [-0.05, 0) is 23.8 Å². The summed E-state index contributed by atoms with van der Waals surface area (Å²) >= 11 is 0. The number of amides is 2. The number of ether oxygens (including phenoxy) is 4. The lowest BCUT2D eigenvalue weighted by Gasteiger charge is -2.31. The van der Waals surface area contributed by atoms with Crippen LogP contribution in [0.25, 0.3) is 6.08 Å². The van der Waals surface area contributed by atoms with Crippen molar-refractivity contribution in [1.29, 1.82) is 0 Å². The summed E-state index contributed by atoms with van der Waals surface area (Å²) in [7, 11) is 0. The largest absolute Gasteiger partial charge is 0.456 e. The molecular weight excluding hydrogens is 673 g/mol. The Balaban J connectivity index is 1.42. The molecule has 3 aromatic carbocycles. The standard InChI is InChI=1S/C37H35F3N2O9/c38-36(39,40)23-48-32(45)16-15-24-9-7-8-14-28(24)35(47)49-29-21-25(34(46)42-18-17-31(44)41-19-20-43)22-30-33(29)51-37(50-30,26-10-3-1-4-11-26)27-12-5-2-6-13-27/h1-16,22,29-30,33,43H,17-21,23H2,(H,41,44)(H,42,46)/t29-,30-,33+/m1/s1. The molecule has 1 saturated heterocycles. The number of halogens is 3. The van der Waals surface area contributed by atoms with Gasteiger partial charge in [-0.1, -0.05) is 78.9 Å². The van der Waals surface area contributed by atoms with E-state index in [-0.39, 0.29) is 55.1 Å². The summed E-state index contributed by atoms with van der Waals surface area (Å²) < 4.78 is 61.0. The second kappa shape index (κ2) is 16.6. The summed E-state index contributed by atoms with van der Waals surface area (Å²) in [5, 5.41) is 14.1. The maximum atomic E-state index is 13.7. The number of esters is 2. The van der Waals surface area contributed by atoms with Gasteiger partial charge in [-0.2, -0.15) is 13.2 Å². The molecule has 0 spiro atoms. The predicted octanol–water partition coefficient (Wildman–Crippen LogP) is 3.96. The van der Waals surface area contributed by atoms with E-state index in [4.69, 9.17) is 19.3 Å². The van der Waals surface area contributed by atoms with Crippen LogP contribution in [0.3, 0.4) is 0 Å². The molecule has 3 N–H and O–H groups in total. The molecule has 268 valence electrons. The van der Waals surface area contributed by atoms with E-state index < -0.39 is 54.7 Å². The highest BCUT2D eigenvalue weighted by molar-refractivity contribution is 5.97. The van der Waals surface area contributed by atoms with E-state index >= 15 is 0 Å². The first-order chi connectivity index (χ1) is 24.5. The SMILES string of the molecule is O=C(CCNC(=O)C1=C[C@H]2OC(c3ccccc3)(c3ccccc3)O[C@H]2[C@H](OC(=O)c2ccccc2C=CC(=O)OCC(F)(F)F)C1)NCCO. The number of carbonyl (C=O) groups is 4. The van der Waals surface area contributed by atoms with E-state index in [1.165, 1.54) is 12.1 Å². The minimum atomic E-state index is -4.70. The molecule has 2 aliphatic rings. The van der Waals surface area contributed by atoms with Crippen LogP contribution in [0.2, 0.25) is 0 Å². The van der Waals surface area contributed by atoms with Gasteiger partial charge < -0.3 is 34.7 Å². The first-order valence-corrected chi connectivity index (χ1v) is 16.0. The quantitative estimate of drug-likeness (QED) is 0.177. The van der Waals surface area contributed by atoms with Crippen LogP contribution in [0.15, 0.2) is 103 Å². The Morgan fingerprint density at radius 3 is 2.18 bits per heavy atom. The van der Waals surface area contributed by atoms with Gasteiger partial charge >= 0.3 is 18.1 Å². The van der Waals surface area contributed by atoms with Gasteiger partial charge in [0.05, 0.1) is 12.2 Å². The number of aliphatic hydroxyl groups excluding tert-OH is 1. The molecule has 0 saturated carbocycles. The lowest BCUT2D eigenvalue weighted by molar-refractivity contribution is -0.182. The summed E-state index contributed by atoms with van der Waals surface area (Å²) in [5.74, 6) is -4.45. The van der Waals surface area contributed by atoms with Crippen molar-refractivity contribution in [3.05, 3.63) is 125 Å². The lowest BCUT2D eigenvalue weighted by atomic mass is 9.91. The van der Waals surface area contributed by atoms with Crippen molar-refractivity contribution < 1.29 is 56.4 Å². The molecule has 2 amide bonds. The number of nitrogens with one attached hydrogen (secondary N) is 2. The van der Waals surface area contributed by atoms with E-state index in [2.05, 4.69) is 15.4 Å². The van der Waals surface area contributed by atoms with Crippen molar-refractivity contribution in [1.82, 2.24) is 10.6 Å². The summed E-state index contributed by atoms with van der Waals surface area (Å²) in [6.07, 6.45) is -4.20. The molecule has 3 atom stereocenters. The number of alkyl halides is 3. The van der Waals surface area contributed by atoms with Gasteiger partial charge in [0.25, 0.3) is 0 Å². The van der Waals surface area contributed by atoms with Crippen molar-refractivity contribution in [3.8, 4) is 0 Å². The minimum absolute atomic E-state index is 0.00751. The van der Waals surface area contributed by atoms with E-state index in [0.717, 1.165) is 12.2 Å². The van der Waals surface area contributed by atoms with Crippen LogP contribution >= 0.6 is 0 Å². The number of aliphatic hydroxyl groups is 1. The molecule has 1 aliphatic heterocycles. The van der Waals surface area contributed by atoms with Crippen molar-refractivity contribution >= 4 is 29.8 Å². The Kier molecular flexibility index (Phi) is 12.0. The van der Waals surface area contributed by atoms with E-state index in [0.29, 0.717) is 11.1 Å². The third-order valence-corrected chi connectivity index (χ3v) is 7.97. The van der Waals surface area contributed by atoms with Crippen LogP contribution < -0.4 is 10.6 Å². The molecule has 5 rings (SSSR count). The summed E-state index contributed by atoms with van der Waals surface area (Å²) in [5.41, 5.74) is 1.66. The van der Waals surface area contributed by atoms with Gasteiger partial charge in [-0.15, -0.1) is 0 Å². The zero-order valence-corrected chi connectivity index (χ0v) is 27.1.